The zero-order chi connectivity index (χ0) is 14.8. The van der Waals surface area contributed by atoms with Gasteiger partial charge in [0.05, 0.1) is 24.9 Å². The van der Waals surface area contributed by atoms with Crippen LogP contribution in [0.4, 0.5) is 4.39 Å². The third kappa shape index (κ3) is 4.76. The first-order valence-corrected chi connectivity index (χ1v) is 9.24. The number of nitrogens with one attached hydrogen (secondary N) is 1. The van der Waals surface area contributed by atoms with Crippen molar-refractivity contribution >= 4 is 26.1 Å². The van der Waals surface area contributed by atoms with Gasteiger partial charge >= 0.3 is 0 Å². The second-order valence-corrected chi connectivity index (χ2v) is 9.54. The first-order chi connectivity index (χ1) is 8.65. The summed E-state index contributed by atoms with van der Waals surface area (Å²) in [5, 5.41) is 2.83. The molecular weight excluding hydrogens is 287 g/mol. The minimum atomic E-state index is -2.81. The van der Waals surface area contributed by atoms with Crippen LogP contribution in [0.2, 0.25) is 0 Å². The average Bonchev–Trinajstić information content (AvgIpc) is 2.53. The van der Waals surface area contributed by atoms with Gasteiger partial charge in [0.15, 0.2) is 0 Å². The van der Waals surface area contributed by atoms with Crippen LogP contribution in [0.3, 0.4) is 0 Å². The highest BCUT2D eigenvalue weighted by Gasteiger charge is 2.44. The molecule has 0 spiro atoms. The van der Waals surface area contributed by atoms with Gasteiger partial charge in [0, 0.05) is 11.7 Å². The number of alkyl halides is 1. The highest BCUT2D eigenvalue weighted by Crippen LogP contribution is 2.44. The highest BCUT2D eigenvalue weighted by molar-refractivity contribution is 8.11. The summed E-state index contributed by atoms with van der Waals surface area (Å²) in [5.74, 6) is 0. The molecule has 0 aliphatic carbocycles. The summed E-state index contributed by atoms with van der Waals surface area (Å²) in [6, 6.07) is -1.74. The fraction of sp³-hybridized carbons (Fsp3) is 1.00. The molecule has 0 saturated carbocycles. The summed E-state index contributed by atoms with van der Waals surface area (Å²) in [7, 11) is 5.56. The molecule has 1 heterocycles. The van der Waals surface area contributed by atoms with E-state index in [-0.39, 0.29) is 18.4 Å². The van der Waals surface area contributed by atoms with Gasteiger partial charge in [-0.15, -0.1) is 0 Å². The average molecular weight is 309 g/mol. The van der Waals surface area contributed by atoms with Crippen molar-refractivity contribution in [3.05, 3.63) is 0 Å². The summed E-state index contributed by atoms with van der Waals surface area (Å²) >= 11 is 5.14. The molecule has 2 radical (unpaired) electrons. The van der Waals surface area contributed by atoms with E-state index in [0.717, 1.165) is 0 Å². The molecule has 1 rings (SSSR count). The van der Waals surface area contributed by atoms with E-state index < -0.39 is 30.7 Å². The van der Waals surface area contributed by atoms with Crippen molar-refractivity contribution in [3.8, 4) is 0 Å². The molecule has 8 heteroatoms. The Balaban J connectivity index is 2.72. The van der Waals surface area contributed by atoms with Crippen molar-refractivity contribution in [2.24, 2.45) is 0 Å². The zero-order valence-corrected chi connectivity index (χ0v) is 13.5. The lowest BCUT2D eigenvalue weighted by molar-refractivity contribution is -0.0213. The first kappa shape index (κ1) is 17.5. The molecule has 1 fully saturated rings. The van der Waals surface area contributed by atoms with E-state index in [4.69, 9.17) is 29.1 Å². The molecule has 19 heavy (non-hydrogen) atoms. The van der Waals surface area contributed by atoms with Gasteiger partial charge in [0.25, 0.3) is 0 Å². The highest BCUT2D eigenvalue weighted by atomic mass is 32.4. The van der Waals surface area contributed by atoms with Crippen LogP contribution in [0, 0.1) is 0 Å². The summed E-state index contributed by atoms with van der Waals surface area (Å²) in [6.45, 7) is 7.59. The van der Waals surface area contributed by atoms with E-state index >= 15 is 0 Å². The molecule has 0 aromatic carbocycles. The summed E-state index contributed by atoms with van der Waals surface area (Å²) in [5.41, 5.74) is -0.141. The van der Waals surface area contributed by atoms with Gasteiger partial charge in [-0.1, -0.05) is 25.7 Å². The number of hydrogen-bond donors (Lipinski definition) is 2. The third-order valence-electron chi connectivity index (χ3n) is 3.02. The number of rotatable bonds is 6. The Hall–Kier alpha value is 0.485. The van der Waals surface area contributed by atoms with Crippen LogP contribution in [0.5, 0.6) is 0 Å². The maximum absolute atomic E-state index is 14.0. The molecule has 2 unspecified atom stereocenters. The van der Waals surface area contributed by atoms with Gasteiger partial charge in [-0.05, 0) is 13.8 Å². The second kappa shape index (κ2) is 6.96. The molecule has 0 bridgehead atoms. The largest absolute Gasteiger partial charge is 0.378 e. The van der Waals surface area contributed by atoms with Crippen LogP contribution < -0.4 is 5.09 Å². The Bertz CT molecular complexity index is 348. The summed E-state index contributed by atoms with van der Waals surface area (Å²) in [4.78, 5) is 10.2. The third-order valence-corrected chi connectivity index (χ3v) is 6.67. The Labute approximate surface area is 121 Å². The predicted molar refractivity (Wildman–Crippen MR) is 79.0 cm³/mol. The van der Waals surface area contributed by atoms with Crippen LogP contribution in [0.1, 0.15) is 27.7 Å². The SMILES string of the molecule is [B][C@@H]1O[C@H](COC(C)C)C(NP(O)(=S)C(C)C)[C@@H]1F. The number of hydrogen-bond acceptors (Lipinski definition) is 3. The Morgan fingerprint density at radius 3 is 2.53 bits per heavy atom. The van der Waals surface area contributed by atoms with Crippen molar-refractivity contribution in [1.29, 1.82) is 0 Å². The van der Waals surface area contributed by atoms with Crippen molar-refractivity contribution in [2.75, 3.05) is 6.61 Å². The molecule has 0 aromatic rings. The Kier molecular flexibility index (Phi) is 6.43. The van der Waals surface area contributed by atoms with E-state index in [1.165, 1.54) is 0 Å². The quantitative estimate of drug-likeness (QED) is 0.572. The Morgan fingerprint density at radius 2 is 2.05 bits per heavy atom. The van der Waals surface area contributed by atoms with Crippen LogP contribution in [0.15, 0.2) is 0 Å². The molecular formula is C11H22BFNO3PS. The maximum Gasteiger partial charge on any atom is 0.136 e. The lowest BCUT2D eigenvalue weighted by atomic mass is 9.93. The van der Waals surface area contributed by atoms with Gasteiger partial charge in [0.1, 0.15) is 20.4 Å². The molecule has 110 valence electrons. The lowest BCUT2D eigenvalue weighted by Crippen LogP contribution is -2.44. The van der Waals surface area contributed by atoms with Crippen molar-refractivity contribution in [2.45, 2.75) is 63.8 Å². The number of halogens is 1. The second-order valence-electron chi connectivity index (χ2n) is 5.34. The van der Waals surface area contributed by atoms with Gasteiger partial charge in [-0.3, -0.25) is 5.09 Å². The van der Waals surface area contributed by atoms with Gasteiger partial charge in [0.2, 0.25) is 0 Å². The molecule has 1 aliphatic rings. The molecule has 0 amide bonds. The fourth-order valence-corrected chi connectivity index (χ4v) is 3.12. The van der Waals surface area contributed by atoms with E-state index in [0.29, 0.717) is 0 Å². The van der Waals surface area contributed by atoms with Gasteiger partial charge in [-0.25, -0.2) is 4.39 Å². The standard InChI is InChI=1S/C11H22BFNO3PS/c1-6(2)16-5-8-10(9(13)11(12)17-8)14-18(15,19)7(3)4/h6-11H,5H2,1-4H3,(H2,14,15,19)/t8-,9+,10?,11-,18?/m1/s1. The monoisotopic (exact) mass is 309 g/mol. The lowest BCUT2D eigenvalue weighted by Gasteiger charge is -2.29. The van der Waals surface area contributed by atoms with Crippen molar-refractivity contribution in [3.63, 3.8) is 0 Å². The fourth-order valence-electron chi connectivity index (χ4n) is 1.72. The smallest absolute Gasteiger partial charge is 0.136 e. The normalized spacial score (nSPS) is 34.9. The predicted octanol–water partition coefficient (Wildman–Crippen LogP) is 1.31. The molecule has 1 aliphatic heterocycles. The molecule has 1 saturated heterocycles. The van der Waals surface area contributed by atoms with Gasteiger partial charge < -0.3 is 14.4 Å². The first-order valence-electron chi connectivity index (χ1n) is 6.42. The minimum absolute atomic E-state index is 0.0152. The van der Waals surface area contributed by atoms with E-state index in [1.54, 1.807) is 13.8 Å². The molecule has 2 N–H and O–H groups in total. The summed E-state index contributed by atoms with van der Waals surface area (Å²) < 4.78 is 24.8. The topological polar surface area (TPSA) is 50.7 Å². The van der Waals surface area contributed by atoms with Crippen molar-refractivity contribution in [1.82, 2.24) is 5.09 Å². The molecule has 0 aromatic heterocycles. The van der Waals surface area contributed by atoms with E-state index in [9.17, 15) is 9.28 Å². The van der Waals surface area contributed by atoms with Crippen LogP contribution in [0.25, 0.3) is 0 Å². The maximum atomic E-state index is 14.0. The van der Waals surface area contributed by atoms with Crippen LogP contribution >= 0.6 is 6.42 Å². The zero-order valence-electron chi connectivity index (χ0n) is 11.7. The van der Waals surface area contributed by atoms with Gasteiger partial charge in [-0.2, -0.15) is 0 Å². The minimum Gasteiger partial charge on any atom is -0.378 e. The molecule has 5 atom stereocenters. The van der Waals surface area contributed by atoms with E-state index in [1.807, 2.05) is 13.8 Å². The van der Waals surface area contributed by atoms with E-state index in [2.05, 4.69) is 5.09 Å². The number of ether oxygens (including phenoxy) is 2. The Morgan fingerprint density at radius 1 is 1.47 bits per heavy atom. The van der Waals surface area contributed by atoms with Crippen LogP contribution in [-0.4, -0.2) is 55.4 Å². The summed E-state index contributed by atoms with van der Waals surface area (Å²) in [6.07, 6.45) is -4.74. The van der Waals surface area contributed by atoms with Crippen LogP contribution in [-0.2, 0) is 21.3 Å². The van der Waals surface area contributed by atoms with Crippen molar-refractivity contribution < 1.29 is 18.8 Å². The molecule has 4 nitrogen and oxygen atoms in total.